The van der Waals surface area contributed by atoms with E-state index in [-0.39, 0.29) is 22.6 Å². The van der Waals surface area contributed by atoms with Gasteiger partial charge < -0.3 is 5.32 Å². The normalized spacial score (nSPS) is 11.2. The van der Waals surface area contributed by atoms with E-state index in [0.29, 0.717) is 21.6 Å². The number of halogens is 1. The van der Waals surface area contributed by atoms with Crippen molar-refractivity contribution in [2.75, 3.05) is 10.0 Å². The molecule has 1 amide bonds. The van der Waals surface area contributed by atoms with E-state index in [1.54, 1.807) is 48.5 Å². The van der Waals surface area contributed by atoms with Crippen molar-refractivity contribution in [3.63, 3.8) is 0 Å². The minimum absolute atomic E-state index is 0.0528. The van der Waals surface area contributed by atoms with Crippen molar-refractivity contribution >= 4 is 55.6 Å². The Kier molecular flexibility index (Phi) is 6.39. The molecule has 9 heteroatoms. The van der Waals surface area contributed by atoms with Crippen molar-refractivity contribution in [3.8, 4) is 0 Å². The summed E-state index contributed by atoms with van der Waals surface area (Å²) >= 11 is 6.01. The average molecular weight is 480 g/mol. The van der Waals surface area contributed by atoms with Crippen LogP contribution in [0.15, 0.2) is 90.0 Å². The van der Waals surface area contributed by atoms with E-state index in [2.05, 4.69) is 15.0 Å². The van der Waals surface area contributed by atoms with Crippen LogP contribution < -0.4 is 10.0 Å². The number of pyridine rings is 1. The first-order chi connectivity index (χ1) is 15.8. The van der Waals surface area contributed by atoms with Gasteiger partial charge in [0.1, 0.15) is 4.90 Å². The first-order valence-corrected chi connectivity index (χ1v) is 11.7. The fourth-order valence-electron chi connectivity index (χ4n) is 3.23. The third-order valence-corrected chi connectivity index (χ3v) is 6.56. The maximum atomic E-state index is 12.9. The van der Waals surface area contributed by atoms with Crippen molar-refractivity contribution < 1.29 is 18.0 Å². The summed E-state index contributed by atoms with van der Waals surface area (Å²) in [6.07, 6.45) is 1.15. The Morgan fingerprint density at radius 1 is 0.879 bits per heavy atom. The van der Waals surface area contributed by atoms with E-state index in [1.165, 1.54) is 36.5 Å². The van der Waals surface area contributed by atoms with Gasteiger partial charge >= 0.3 is 0 Å². The van der Waals surface area contributed by atoms with Gasteiger partial charge in [0.25, 0.3) is 10.0 Å². The molecular formula is C24H18ClN3O4S. The number of para-hydroxylation sites is 2. The summed E-state index contributed by atoms with van der Waals surface area (Å²) in [6.45, 7) is 0. The predicted octanol–water partition coefficient (Wildman–Crippen LogP) is 4.90. The second-order valence-corrected chi connectivity index (χ2v) is 9.20. The minimum atomic E-state index is -3.90. The van der Waals surface area contributed by atoms with Gasteiger partial charge in [-0.05, 0) is 48.5 Å². The molecule has 0 aliphatic rings. The molecule has 0 aliphatic carbocycles. The number of nitrogens with one attached hydrogen (secondary N) is 2. The monoisotopic (exact) mass is 479 g/mol. The fraction of sp³-hybridized carbons (Fsp3) is 0.0417. The topological polar surface area (TPSA) is 105 Å². The Labute approximate surface area is 195 Å². The Morgan fingerprint density at radius 2 is 1.61 bits per heavy atom. The summed E-state index contributed by atoms with van der Waals surface area (Å²) in [5, 5.41) is 3.67. The molecule has 0 radical (unpaired) electrons. The Hall–Kier alpha value is -3.75. The molecule has 4 rings (SSSR count). The van der Waals surface area contributed by atoms with Crippen LogP contribution in [0.25, 0.3) is 10.9 Å². The Balaban J connectivity index is 1.45. The summed E-state index contributed by atoms with van der Waals surface area (Å²) in [5.74, 6) is -0.909. The summed E-state index contributed by atoms with van der Waals surface area (Å²) in [7, 11) is -3.90. The Bertz CT molecular complexity index is 1450. The lowest BCUT2D eigenvalue weighted by atomic mass is 10.1. The van der Waals surface area contributed by atoms with E-state index < -0.39 is 21.7 Å². The van der Waals surface area contributed by atoms with Crippen molar-refractivity contribution in [1.82, 2.24) is 4.98 Å². The summed E-state index contributed by atoms with van der Waals surface area (Å²) in [4.78, 5) is 28.9. The van der Waals surface area contributed by atoms with Gasteiger partial charge in [-0.3, -0.25) is 19.3 Å². The zero-order chi connectivity index (χ0) is 23.4. The molecule has 0 unspecified atom stereocenters. The average Bonchev–Trinajstić information content (AvgIpc) is 2.80. The predicted molar refractivity (Wildman–Crippen MR) is 128 cm³/mol. The molecule has 7 nitrogen and oxygen atoms in total. The molecule has 33 heavy (non-hydrogen) atoms. The van der Waals surface area contributed by atoms with E-state index in [0.717, 1.165) is 0 Å². The third kappa shape index (κ3) is 5.19. The number of carbonyl (C=O) groups is 2. The molecule has 0 aliphatic heterocycles. The molecule has 1 aromatic heterocycles. The standard InChI is InChI=1S/C24H18ClN3O4S/c25-19-7-1-2-8-20(19)27-23(30)15-21(29)16-10-12-18(13-11-16)28-33(31,32)22-9-3-5-17-6-4-14-26-24(17)22/h1-14,28H,15H2,(H,27,30). The molecule has 0 saturated carbocycles. The highest BCUT2D eigenvalue weighted by Crippen LogP contribution is 2.24. The van der Waals surface area contributed by atoms with Crippen LogP contribution in [0.4, 0.5) is 11.4 Å². The van der Waals surface area contributed by atoms with Gasteiger partial charge in [0.15, 0.2) is 5.78 Å². The molecule has 2 N–H and O–H groups in total. The number of nitrogens with zero attached hydrogens (tertiary/aromatic N) is 1. The van der Waals surface area contributed by atoms with Crippen LogP contribution in [0.5, 0.6) is 0 Å². The molecule has 166 valence electrons. The maximum absolute atomic E-state index is 12.9. The van der Waals surface area contributed by atoms with E-state index in [1.807, 2.05) is 0 Å². The van der Waals surface area contributed by atoms with Gasteiger partial charge in [-0.25, -0.2) is 8.42 Å². The third-order valence-electron chi connectivity index (χ3n) is 4.81. The number of amides is 1. The molecule has 0 atom stereocenters. The first-order valence-electron chi connectivity index (χ1n) is 9.88. The molecule has 3 aromatic carbocycles. The van der Waals surface area contributed by atoms with Gasteiger partial charge in [-0.15, -0.1) is 0 Å². The van der Waals surface area contributed by atoms with Crippen molar-refractivity contribution in [2.24, 2.45) is 0 Å². The van der Waals surface area contributed by atoms with Crippen LogP contribution in [0.3, 0.4) is 0 Å². The van der Waals surface area contributed by atoms with Crippen LogP contribution in [0.1, 0.15) is 16.8 Å². The quantitative estimate of drug-likeness (QED) is 0.289. The van der Waals surface area contributed by atoms with Gasteiger partial charge in [0.2, 0.25) is 5.91 Å². The van der Waals surface area contributed by atoms with Crippen molar-refractivity contribution in [3.05, 3.63) is 95.6 Å². The molecule has 0 bridgehead atoms. The molecule has 0 spiro atoms. The molecule has 1 heterocycles. The number of ketones is 1. The van der Waals surface area contributed by atoms with Gasteiger partial charge in [-0.1, -0.05) is 41.9 Å². The molecule has 0 saturated heterocycles. The summed E-state index contributed by atoms with van der Waals surface area (Å²) in [5.41, 5.74) is 1.34. The van der Waals surface area contributed by atoms with Crippen LogP contribution in [-0.2, 0) is 14.8 Å². The van der Waals surface area contributed by atoms with Crippen LogP contribution in [0, 0.1) is 0 Å². The number of hydrogen-bond donors (Lipinski definition) is 2. The van der Waals surface area contributed by atoms with Crippen LogP contribution in [-0.4, -0.2) is 25.1 Å². The number of sulfonamides is 1. The lowest BCUT2D eigenvalue weighted by molar-refractivity contribution is -0.115. The second kappa shape index (κ2) is 9.40. The highest BCUT2D eigenvalue weighted by molar-refractivity contribution is 7.93. The fourth-order valence-corrected chi connectivity index (χ4v) is 4.65. The molecule has 4 aromatic rings. The number of fused-ring (bicyclic) bond motifs is 1. The highest BCUT2D eigenvalue weighted by atomic mass is 35.5. The van der Waals surface area contributed by atoms with Crippen LogP contribution in [0.2, 0.25) is 5.02 Å². The SMILES string of the molecule is O=C(CC(=O)c1ccc(NS(=O)(=O)c2cccc3cccnc23)cc1)Nc1ccccc1Cl. The number of carbonyl (C=O) groups excluding carboxylic acids is 2. The number of hydrogen-bond acceptors (Lipinski definition) is 5. The van der Waals surface area contributed by atoms with E-state index in [9.17, 15) is 18.0 Å². The minimum Gasteiger partial charge on any atom is -0.324 e. The van der Waals surface area contributed by atoms with Crippen LogP contribution >= 0.6 is 11.6 Å². The zero-order valence-electron chi connectivity index (χ0n) is 17.2. The van der Waals surface area contributed by atoms with Gasteiger partial charge in [-0.2, -0.15) is 0 Å². The number of anilines is 2. The van der Waals surface area contributed by atoms with Crippen molar-refractivity contribution in [1.29, 1.82) is 0 Å². The van der Waals surface area contributed by atoms with Gasteiger partial charge in [0, 0.05) is 22.8 Å². The summed E-state index contributed by atoms with van der Waals surface area (Å²) < 4.78 is 28.3. The number of benzene rings is 3. The maximum Gasteiger partial charge on any atom is 0.264 e. The zero-order valence-corrected chi connectivity index (χ0v) is 18.7. The molecular weight excluding hydrogens is 462 g/mol. The number of rotatable bonds is 7. The lowest BCUT2D eigenvalue weighted by Gasteiger charge is -2.10. The smallest absolute Gasteiger partial charge is 0.264 e. The summed E-state index contributed by atoms with van der Waals surface area (Å²) in [6, 6.07) is 21.0. The lowest BCUT2D eigenvalue weighted by Crippen LogP contribution is -2.17. The number of aromatic nitrogens is 1. The largest absolute Gasteiger partial charge is 0.324 e. The number of Topliss-reactive ketones (excluding diaryl/α,β-unsaturated/α-hetero) is 1. The van der Waals surface area contributed by atoms with E-state index in [4.69, 9.17) is 11.6 Å². The van der Waals surface area contributed by atoms with Gasteiger partial charge in [0.05, 0.1) is 22.6 Å². The Morgan fingerprint density at radius 3 is 2.36 bits per heavy atom. The molecule has 0 fully saturated rings. The highest BCUT2D eigenvalue weighted by Gasteiger charge is 2.19. The van der Waals surface area contributed by atoms with E-state index >= 15 is 0 Å². The van der Waals surface area contributed by atoms with Crippen molar-refractivity contribution in [2.45, 2.75) is 11.3 Å². The second-order valence-electron chi connectivity index (χ2n) is 7.14. The first kappa shape index (κ1) is 22.4.